The molecule has 0 aliphatic rings. The number of nitrogens with zero attached hydrogens (tertiary/aromatic N) is 1. The average molecular weight is 437 g/mol. The molecule has 1 N–H and O–H groups in total. The first-order valence-corrected chi connectivity index (χ1v) is 8.91. The molecule has 8 heteroatoms. The molecule has 142 valence electrons. The normalized spacial score (nSPS) is 10.6. The Kier molecular flexibility index (Phi) is 7.94. The molecule has 0 unspecified atom stereocenters. The molecule has 0 radical (unpaired) electrons. The maximum absolute atomic E-state index is 12.8. The lowest BCUT2D eigenvalue weighted by Gasteiger charge is -2.08. The fourth-order valence-electron chi connectivity index (χ4n) is 2.06. The van der Waals surface area contributed by atoms with Gasteiger partial charge in [0.05, 0.1) is 23.7 Å². The summed E-state index contributed by atoms with van der Waals surface area (Å²) in [6, 6.07) is 10.8. The van der Waals surface area contributed by atoms with Crippen molar-refractivity contribution >= 4 is 34.0 Å². The van der Waals surface area contributed by atoms with E-state index in [1.807, 2.05) is 0 Å². The summed E-state index contributed by atoms with van der Waals surface area (Å²) in [5.41, 5.74) is 3.82. The molecule has 27 heavy (non-hydrogen) atoms. The smallest absolute Gasteiger partial charge is 0.344 e. The van der Waals surface area contributed by atoms with E-state index in [1.165, 1.54) is 18.3 Å². The zero-order valence-electron chi connectivity index (χ0n) is 14.6. The molecule has 0 bridgehead atoms. The molecule has 0 aromatic heterocycles. The second-order valence-corrected chi connectivity index (χ2v) is 6.23. The van der Waals surface area contributed by atoms with Crippen molar-refractivity contribution in [3.63, 3.8) is 0 Å². The van der Waals surface area contributed by atoms with E-state index in [2.05, 4.69) is 26.5 Å². The van der Waals surface area contributed by atoms with Gasteiger partial charge in [0.1, 0.15) is 11.6 Å². The number of hydrazone groups is 1. The third kappa shape index (κ3) is 7.18. The lowest BCUT2D eigenvalue weighted by atomic mass is 10.1. The molecule has 0 saturated carbocycles. The van der Waals surface area contributed by atoms with Crippen LogP contribution in [0.5, 0.6) is 5.75 Å². The van der Waals surface area contributed by atoms with Gasteiger partial charge in [-0.25, -0.2) is 14.6 Å². The van der Waals surface area contributed by atoms with E-state index in [9.17, 15) is 14.0 Å². The number of carbonyl (C=O) groups is 2. The van der Waals surface area contributed by atoms with Crippen LogP contribution in [-0.4, -0.2) is 31.3 Å². The van der Waals surface area contributed by atoms with E-state index in [0.29, 0.717) is 28.0 Å². The van der Waals surface area contributed by atoms with E-state index >= 15 is 0 Å². The van der Waals surface area contributed by atoms with Crippen LogP contribution in [-0.2, 0) is 20.7 Å². The monoisotopic (exact) mass is 436 g/mol. The fourth-order valence-corrected chi connectivity index (χ4v) is 2.57. The number of esters is 1. The topological polar surface area (TPSA) is 77.0 Å². The van der Waals surface area contributed by atoms with Gasteiger partial charge in [0.2, 0.25) is 5.91 Å². The van der Waals surface area contributed by atoms with Crippen molar-refractivity contribution in [2.24, 2.45) is 5.10 Å². The third-order valence-corrected chi connectivity index (χ3v) is 3.91. The number of ether oxygens (including phenoxy) is 2. The van der Waals surface area contributed by atoms with Crippen LogP contribution in [0.15, 0.2) is 52.0 Å². The molecule has 0 fully saturated rings. The number of amides is 1. The number of rotatable bonds is 8. The lowest BCUT2D eigenvalue weighted by molar-refractivity contribution is -0.145. The first kappa shape index (κ1) is 20.6. The van der Waals surface area contributed by atoms with Crippen molar-refractivity contribution in [1.82, 2.24) is 5.43 Å². The van der Waals surface area contributed by atoms with Crippen molar-refractivity contribution < 1.29 is 23.5 Å². The van der Waals surface area contributed by atoms with Crippen LogP contribution < -0.4 is 10.2 Å². The van der Waals surface area contributed by atoms with Gasteiger partial charge in [0, 0.05) is 0 Å². The Bertz CT molecular complexity index is 825. The quantitative estimate of drug-likeness (QED) is 0.391. The van der Waals surface area contributed by atoms with Crippen LogP contribution >= 0.6 is 15.9 Å². The first-order chi connectivity index (χ1) is 13.0. The Morgan fingerprint density at radius 3 is 2.63 bits per heavy atom. The standard InChI is InChI=1S/C19H18BrFN2O4/c1-2-26-19(25)12-27-17-8-5-14(9-16(17)20)11-22-23-18(24)10-13-3-6-15(21)7-4-13/h3-9,11H,2,10,12H2,1H3,(H,23,24)/b22-11+. The molecular weight excluding hydrogens is 419 g/mol. The van der Waals surface area contributed by atoms with Gasteiger partial charge >= 0.3 is 5.97 Å². The van der Waals surface area contributed by atoms with Gasteiger partial charge in [-0.15, -0.1) is 0 Å². The molecule has 0 heterocycles. The Morgan fingerprint density at radius 1 is 1.22 bits per heavy atom. The van der Waals surface area contributed by atoms with Gasteiger partial charge < -0.3 is 9.47 Å². The number of nitrogens with one attached hydrogen (secondary N) is 1. The summed E-state index contributed by atoms with van der Waals surface area (Å²) in [6.07, 6.45) is 1.57. The molecule has 1 amide bonds. The number of hydrogen-bond donors (Lipinski definition) is 1. The van der Waals surface area contributed by atoms with Gasteiger partial charge in [0.25, 0.3) is 0 Å². The minimum atomic E-state index is -0.445. The van der Waals surface area contributed by atoms with E-state index < -0.39 is 5.97 Å². The maximum Gasteiger partial charge on any atom is 0.344 e. The summed E-state index contributed by atoms with van der Waals surface area (Å²) in [5, 5.41) is 3.89. The van der Waals surface area contributed by atoms with E-state index in [-0.39, 0.29) is 24.8 Å². The molecule has 6 nitrogen and oxygen atoms in total. The molecule has 2 aromatic carbocycles. The summed E-state index contributed by atoms with van der Waals surface area (Å²) in [7, 11) is 0. The van der Waals surface area contributed by atoms with E-state index in [4.69, 9.17) is 9.47 Å². The third-order valence-electron chi connectivity index (χ3n) is 3.29. The van der Waals surface area contributed by atoms with Crippen LogP contribution in [0, 0.1) is 5.82 Å². The van der Waals surface area contributed by atoms with Crippen molar-refractivity contribution in [3.05, 3.63) is 63.9 Å². The van der Waals surface area contributed by atoms with Gasteiger partial charge in [-0.3, -0.25) is 4.79 Å². The van der Waals surface area contributed by atoms with Gasteiger partial charge in [-0.05, 0) is 64.3 Å². The van der Waals surface area contributed by atoms with Crippen LogP contribution in [0.25, 0.3) is 0 Å². The number of halogens is 2. The van der Waals surface area contributed by atoms with Crippen molar-refractivity contribution in [2.75, 3.05) is 13.2 Å². The summed E-state index contributed by atoms with van der Waals surface area (Å²) < 4.78 is 23.6. The highest BCUT2D eigenvalue weighted by molar-refractivity contribution is 9.10. The van der Waals surface area contributed by atoms with Crippen molar-refractivity contribution in [1.29, 1.82) is 0 Å². The molecule has 0 atom stereocenters. The van der Waals surface area contributed by atoms with Gasteiger partial charge in [0.15, 0.2) is 6.61 Å². The summed E-state index contributed by atoms with van der Waals surface area (Å²) in [5.74, 6) is -0.622. The van der Waals surface area contributed by atoms with Crippen LogP contribution in [0.3, 0.4) is 0 Å². The van der Waals surface area contributed by atoms with E-state index in [0.717, 1.165) is 0 Å². The lowest BCUT2D eigenvalue weighted by Crippen LogP contribution is -2.19. The second-order valence-electron chi connectivity index (χ2n) is 5.38. The average Bonchev–Trinajstić information content (AvgIpc) is 2.63. The summed E-state index contributed by atoms with van der Waals surface area (Å²) in [6.45, 7) is 1.84. The van der Waals surface area contributed by atoms with Crippen LogP contribution in [0.4, 0.5) is 4.39 Å². The highest BCUT2D eigenvalue weighted by Gasteiger charge is 2.07. The molecule has 0 spiro atoms. The van der Waals surface area contributed by atoms with Crippen LogP contribution in [0.2, 0.25) is 0 Å². The molecule has 2 rings (SSSR count). The Hall–Kier alpha value is -2.74. The highest BCUT2D eigenvalue weighted by atomic mass is 79.9. The minimum Gasteiger partial charge on any atom is -0.481 e. The SMILES string of the molecule is CCOC(=O)COc1ccc(/C=N/NC(=O)Cc2ccc(F)cc2)cc1Br. The summed E-state index contributed by atoms with van der Waals surface area (Å²) in [4.78, 5) is 23.1. The Morgan fingerprint density at radius 2 is 1.96 bits per heavy atom. The fraction of sp³-hybridized carbons (Fsp3) is 0.211. The summed E-state index contributed by atoms with van der Waals surface area (Å²) >= 11 is 3.35. The zero-order chi connectivity index (χ0) is 19.6. The predicted molar refractivity (Wildman–Crippen MR) is 102 cm³/mol. The minimum absolute atomic E-state index is 0.0992. The highest BCUT2D eigenvalue weighted by Crippen LogP contribution is 2.25. The number of hydrogen-bond acceptors (Lipinski definition) is 5. The van der Waals surface area contributed by atoms with Gasteiger partial charge in [-0.2, -0.15) is 5.10 Å². The Balaban J connectivity index is 1.85. The number of carbonyl (C=O) groups excluding carboxylic acids is 2. The molecule has 2 aromatic rings. The maximum atomic E-state index is 12.8. The van der Waals surface area contributed by atoms with Crippen molar-refractivity contribution in [3.8, 4) is 5.75 Å². The van der Waals surface area contributed by atoms with Crippen LogP contribution in [0.1, 0.15) is 18.1 Å². The van der Waals surface area contributed by atoms with Gasteiger partial charge in [-0.1, -0.05) is 12.1 Å². The predicted octanol–water partition coefficient (Wildman–Crippen LogP) is 3.22. The van der Waals surface area contributed by atoms with Crippen molar-refractivity contribution in [2.45, 2.75) is 13.3 Å². The molecular formula is C19H18BrFN2O4. The largest absolute Gasteiger partial charge is 0.481 e. The first-order valence-electron chi connectivity index (χ1n) is 8.12. The number of benzene rings is 2. The van der Waals surface area contributed by atoms with E-state index in [1.54, 1.807) is 37.3 Å². The molecule has 0 aliphatic carbocycles. The second kappa shape index (κ2) is 10.4. The molecule has 0 saturated heterocycles. The molecule has 0 aliphatic heterocycles. The Labute approximate surface area is 164 Å². The zero-order valence-corrected chi connectivity index (χ0v) is 16.2.